The summed E-state index contributed by atoms with van der Waals surface area (Å²) < 4.78 is 34.1. The number of ether oxygens (including phenoxy) is 1. The van der Waals surface area contributed by atoms with E-state index in [0.29, 0.717) is 38.2 Å². The summed E-state index contributed by atoms with van der Waals surface area (Å²) in [6.07, 6.45) is 0.644. The summed E-state index contributed by atoms with van der Waals surface area (Å²) in [7, 11) is 1.64. The SMILES string of the molecule is COc1ccccc1CCC(=O)N1CCC([C@@H]2C[C@H](C(F)F)n3nc(C)cc3N2)CC1. The van der Waals surface area contributed by atoms with Crippen LogP contribution in [0, 0.1) is 12.8 Å². The Balaban J connectivity index is 1.32. The van der Waals surface area contributed by atoms with Crippen LogP contribution >= 0.6 is 0 Å². The van der Waals surface area contributed by atoms with Crippen LogP contribution in [0.4, 0.5) is 14.6 Å². The van der Waals surface area contributed by atoms with Crippen molar-refractivity contribution in [3.63, 3.8) is 0 Å². The van der Waals surface area contributed by atoms with Crippen LogP contribution in [0.15, 0.2) is 30.3 Å². The van der Waals surface area contributed by atoms with Crippen molar-refractivity contribution in [3.05, 3.63) is 41.6 Å². The van der Waals surface area contributed by atoms with Crippen molar-refractivity contribution in [2.45, 2.75) is 57.5 Å². The molecule has 0 spiro atoms. The molecule has 4 rings (SSSR count). The summed E-state index contributed by atoms with van der Waals surface area (Å²) in [6, 6.07) is 8.68. The molecule has 1 fully saturated rings. The molecule has 0 unspecified atom stereocenters. The van der Waals surface area contributed by atoms with Crippen molar-refractivity contribution in [2.75, 3.05) is 25.5 Å². The van der Waals surface area contributed by atoms with Gasteiger partial charge in [-0.05, 0) is 50.2 Å². The first-order chi connectivity index (χ1) is 15.0. The lowest BCUT2D eigenvalue weighted by Crippen LogP contribution is -2.46. The largest absolute Gasteiger partial charge is 0.496 e. The highest BCUT2D eigenvalue weighted by atomic mass is 19.3. The normalized spacial score (nSPS) is 21.6. The van der Waals surface area contributed by atoms with Gasteiger partial charge in [0.2, 0.25) is 5.91 Å². The van der Waals surface area contributed by atoms with Gasteiger partial charge in [-0.2, -0.15) is 5.10 Å². The number of rotatable bonds is 6. The number of nitrogens with zero attached hydrogens (tertiary/aromatic N) is 3. The van der Waals surface area contributed by atoms with Gasteiger partial charge in [0.1, 0.15) is 17.6 Å². The maximum Gasteiger partial charge on any atom is 0.260 e. The molecule has 0 radical (unpaired) electrons. The fraction of sp³-hybridized carbons (Fsp3) is 0.565. The van der Waals surface area contributed by atoms with E-state index in [9.17, 15) is 13.6 Å². The van der Waals surface area contributed by atoms with E-state index in [-0.39, 0.29) is 17.9 Å². The molecule has 8 heteroatoms. The summed E-state index contributed by atoms with van der Waals surface area (Å²) in [5, 5.41) is 7.66. The molecule has 168 valence electrons. The molecule has 2 aromatic rings. The van der Waals surface area contributed by atoms with Crippen LogP contribution in [-0.2, 0) is 11.2 Å². The van der Waals surface area contributed by atoms with Crippen LogP contribution in [0.1, 0.15) is 43.0 Å². The van der Waals surface area contributed by atoms with Crippen LogP contribution in [-0.4, -0.2) is 53.3 Å². The molecule has 3 heterocycles. The second-order valence-electron chi connectivity index (χ2n) is 8.53. The average molecular weight is 433 g/mol. The molecule has 0 aliphatic carbocycles. The van der Waals surface area contributed by atoms with Crippen molar-refractivity contribution in [2.24, 2.45) is 5.92 Å². The van der Waals surface area contributed by atoms with Gasteiger partial charge in [-0.15, -0.1) is 0 Å². The van der Waals surface area contributed by atoms with Crippen LogP contribution < -0.4 is 10.1 Å². The summed E-state index contributed by atoms with van der Waals surface area (Å²) in [6.45, 7) is 3.16. The maximum atomic E-state index is 13.6. The lowest BCUT2D eigenvalue weighted by Gasteiger charge is -2.40. The Morgan fingerprint density at radius 1 is 1.29 bits per heavy atom. The number of carbonyl (C=O) groups excluding carboxylic acids is 1. The Morgan fingerprint density at radius 3 is 2.74 bits per heavy atom. The van der Waals surface area contributed by atoms with Crippen molar-refractivity contribution < 1.29 is 18.3 Å². The Labute approximate surface area is 181 Å². The van der Waals surface area contributed by atoms with Gasteiger partial charge in [0.25, 0.3) is 6.43 Å². The molecule has 31 heavy (non-hydrogen) atoms. The monoisotopic (exact) mass is 432 g/mol. The zero-order chi connectivity index (χ0) is 22.0. The number of benzene rings is 1. The molecule has 1 amide bonds. The molecular formula is C23H30F2N4O2. The molecule has 1 aromatic carbocycles. The number of methoxy groups -OCH3 is 1. The zero-order valence-corrected chi connectivity index (χ0v) is 18.1. The molecular weight excluding hydrogens is 402 g/mol. The van der Waals surface area contributed by atoms with Gasteiger partial charge in [0, 0.05) is 31.6 Å². The number of halogens is 2. The fourth-order valence-electron chi connectivity index (χ4n) is 4.87. The van der Waals surface area contributed by atoms with Gasteiger partial charge in [0.05, 0.1) is 12.8 Å². The van der Waals surface area contributed by atoms with Crippen molar-refractivity contribution in [1.82, 2.24) is 14.7 Å². The minimum atomic E-state index is -2.45. The number of aryl methyl sites for hydroxylation is 2. The fourth-order valence-corrected chi connectivity index (χ4v) is 4.87. The summed E-state index contributed by atoms with van der Waals surface area (Å²) in [5.41, 5.74) is 1.77. The lowest BCUT2D eigenvalue weighted by atomic mass is 9.85. The van der Waals surface area contributed by atoms with E-state index in [1.807, 2.05) is 42.2 Å². The molecule has 2 atom stereocenters. The number of nitrogens with one attached hydrogen (secondary N) is 1. The summed E-state index contributed by atoms with van der Waals surface area (Å²) in [5.74, 6) is 1.89. The second-order valence-corrected chi connectivity index (χ2v) is 8.53. The quantitative estimate of drug-likeness (QED) is 0.748. The van der Waals surface area contributed by atoms with Crippen LogP contribution in [0.5, 0.6) is 5.75 Å². The minimum Gasteiger partial charge on any atom is -0.496 e. The van der Waals surface area contributed by atoms with Gasteiger partial charge in [-0.1, -0.05) is 18.2 Å². The highest BCUT2D eigenvalue weighted by Crippen LogP contribution is 2.37. The number of amides is 1. The van der Waals surface area contributed by atoms with E-state index in [2.05, 4.69) is 10.4 Å². The molecule has 2 aliphatic heterocycles. The van der Waals surface area contributed by atoms with Gasteiger partial charge in [-0.25, -0.2) is 13.5 Å². The molecule has 1 N–H and O–H groups in total. The first-order valence-electron chi connectivity index (χ1n) is 11.0. The first kappa shape index (κ1) is 21.6. The lowest BCUT2D eigenvalue weighted by molar-refractivity contribution is -0.132. The van der Waals surface area contributed by atoms with Gasteiger partial charge in [0.15, 0.2) is 0 Å². The van der Waals surface area contributed by atoms with Gasteiger partial charge < -0.3 is 15.0 Å². The van der Waals surface area contributed by atoms with E-state index < -0.39 is 12.5 Å². The predicted molar refractivity (Wildman–Crippen MR) is 115 cm³/mol. The third kappa shape index (κ3) is 4.67. The number of piperidine rings is 1. The van der Waals surface area contributed by atoms with E-state index in [0.717, 1.165) is 29.8 Å². The Kier molecular flexibility index (Phi) is 6.43. The highest BCUT2D eigenvalue weighted by molar-refractivity contribution is 5.76. The molecule has 1 saturated heterocycles. The molecule has 2 aliphatic rings. The number of likely N-dealkylation sites (tertiary alicyclic amines) is 1. The topological polar surface area (TPSA) is 59.4 Å². The molecule has 0 bridgehead atoms. The minimum absolute atomic E-state index is 0.0200. The molecule has 6 nitrogen and oxygen atoms in total. The smallest absolute Gasteiger partial charge is 0.260 e. The third-order valence-corrected chi connectivity index (χ3v) is 6.55. The zero-order valence-electron chi connectivity index (χ0n) is 18.1. The number of hydrogen-bond donors (Lipinski definition) is 1. The Hall–Kier alpha value is -2.64. The number of hydrogen-bond acceptors (Lipinski definition) is 4. The second kappa shape index (κ2) is 9.24. The van der Waals surface area contributed by atoms with Gasteiger partial charge in [-0.3, -0.25) is 4.79 Å². The summed E-state index contributed by atoms with van der Waals surface area (Å²) in [4.78, 5) is 14.6. The number of fused-ring (bicyclic) bond motifs is 1. The number of para-hydroxylation sites is 1. The van der Waals surface area contributed by atoms with Crippen LogP contribution in [0.25, 0.3) is 0 Å². The Bertz CT molecular complexity index is 909. The van der Waals surface area contributed by atoms with Crippen LogP contribution in [0.3, 0.4) is 0 Å². The average Bonchev–Trinajstić information content (AvgIpc) is 3.16. The van der Waals surface area contributed by atoms with Crippen LogP contribution in [0.2, 0.25) is 0 Å². The number of carbonyl (C=O) groups is 1. The van der Waals surface area contributed by atoms with Gasteiger partial charge >= 0.3 is 0 Å². The van der Waals surface area contributed by atoms with E-state index in [1.54, 1.807) is 7.11 Å². The van der Waals surface area contributed by atoms with E-state index >= 15 is 0 Å². The molecule has 0 saturated carbocycles. The number of anilines is 1. The molecule has 1 aromatic heterocycles. The number of aromatic nitrogens is 2. The third-order valence-electron chi connectivity index (χ3n) is 6.55. The van der Waals surface area contributed by atoms with Crippen molar-refractivity contribution >= 4 is 11.7 Å². The first-order valence-corrected chi connectivity index (χ1v) is 11.0. The maximum absolute atomic E-state index is 13.6. The summed E-state index contributed by atoms with van der Waals surface area (Å²) >= 11 is 0. The predicted octanol–water partition coefficient (Wildman–Crippen LogP) is 4.06. The standard InChI is InChI=1S/C23H30F2N4O2/c1-15-13-21-26-18(14-19(23(24)25)29(21)27-15)16-9-11-28(12-10-16)22(30)8-7-17-5-3-4-6-20(17)31-2/h3-6,13,16,18-19,23,26H,7-12,14H2,1-2H3/t18-,19+/m0/s1. The Morgan fingerprint density at radius 2 is 2.03 bits per heavy atom. The van der Waals surface area contributed by atoms with Crippen molar-refractivity contribution in [1.29, 1.82) is 0 Å². The van der Waals surface area contributed by atoms with E-state index in [1.165, 1.54) is 4.68 Å². The number of alkyl halides is 2. The highest BCUT2D eigenvalue weighted by Gasteiger charge is 2.38. The van der Waals surface area contributed by atoms with E-state index in [4.69, 9.17) is 4.74 Å². The van der Waals surface area contributed by atoms with Crippen molar-refractivity contribution in [3.8, 4) is 5.75 Å².